The van der Waals surface area contributed by atoms with E-state index in [4.69, 9.17) is 9.47 Å². The second-order valence-electron chi connectivity index (χ2n) is 7.31. The monoisotopic (exact) mass is 479 g/mol. The number of ether oxygens (including phenoxy) is 2. The maximum atomic E-state index is 13.0. The Kier molecular flexibility index (Phi) is 7.17. The molecule has 2 aromatic carbocycles. The van der Waals surface area contributed by atoms with Gasteiger partial charge in [-0.2, -0.15) is 0 Å². The molecule has 34 heavy (non-hydrogen) atoms. The SMILES string of the molecule is CCOc1ccc(-n2ccn3c(S[C@@H](CC)C(=O)Nc4ccc(OC)cc4)nnc3c2=O)cc1. The zero-order chi connectivity index (χ0) is 24.1. The van der Waals surface area contributed by atoms with Gasteiger partial charge in [-0.15, -0.1) is 10.2 Å². The predicted octanol–water partition coefficient (Wildman–Crippen LogP) is 3.80. The fourth-order valence-corrected chi connectivity index (χ4v) is 4.30. The summed E-state index contributed by atoms with van der Waals surface area (Å²) in [5, 5.41) is 11.2. The highest BCUT2D eigenvalue weighted by molar-refractivity contribution is 8.00. The van der Waals surface area contributed by atoms with Crippen LogP contribution < -0.4 is 20.3 Å². The highest BCUT2D eigenvalue weighted by Gasteiger charge is 2.22. The number of thioether (sulfide) groups is 1. The molecule has 0 fully saturated rings. The molecule has 10 heteroatoms. The first-order valence-corrected chi connectivity index (χ1v) is 11.7. The molecule has 1 atom stereocenters. The van der Waals surface area contributed by atoms with Gasteiger partial charge in [0.2, 0.25) is 11.6 Å². The summed E-state index contributed by atoms with van der Waals surface area (Å²) >= 11 is 1.27. The number of hydrogen-bond acceptors (Lipinski definition) is 7. The van der Waals surface area contributed by atoms with E-state index in [9.17, 15) is 9.59 Å². The second-order valence-corrected chi connectivity index (χ2v) is 8.48. The molecule has 0 saturated carbocycles. The van der Waals surface area contributed by atoms with Crippen LogP contribution >= 0.6 is 11.8 Å². The molecular weight excluding hydrogens is 454 g/mol. The Morgan fingerprint density at radius 1 is 1.03 bits per heavy atom. The third-order valence-electron chi connectivity index (χ3n) is 5.13. The largest absolute Gasteiger partial charge is 0.497 e. The van der Waals surface area contributed by atoms with Crippen molar-refractivity contribution in [3.63, 3.8) is 0 Å². The van der Waals surface area contributed by atoms with Gasteiger partial charge in [0.1, 0.15) is 11.5 Å². The number of nitrogens with zero attached hydrogens (tertiary/aromatic N) is 4. The lowest BCUT2D eigenvalue weighted by molar-refractivity contribution is -0.115. The van der Waals surface area contributed by atoms with Crippen molar-refractivity contribution in [3.05, 3.63) is 71.3 Å². The number of aromatic nitrogens is 4. The third-order valence-corrected chi connectivity index (χ3v) is 6.45. The molecule has 0 radical (unpaired) electrons. The van der Waals surface area contributed by atoms with E-state index in [1.165, 1.54) is 16.3 Å². The van der Waals surface area contributed by atoms with Gasteiger partial charge in [-0.05, 0) is 61.9 Å². The van der Waals surface area contributed by atoms with Crippen molar-refractivity contribution in [3.8, 4) is 17.2 Å². The lowest BCUT2D eigenvalue weighted by atomic mass is 10.2. The van der Waals surface area contributed by atoms with E-state index < -0.39 is 5.25 Å². The topological polar surface area (TPSA) is 99.8 Å². The van der Waals surface area contributed by atoms with Crippen molar-refractivity contribution >= 4 is 29.0 Å². The van der Waals surface area contributed by atoms with Crippen LogP contribution in [0.15, 0.2) is 70.9 Å². The zero-order valence-electron chi connectivity index (χ0n) is 19.1. The quantitative estimate of drug-likeness (QED) is 0.365. The van der Waals surface area contributed by atoms with Gasteiger partial charge in [0.05, 0.1) is 19.0 Å². The summed E-state index contributed by atoms with van der Waals surface area (Å²) in [5.41, 5.74) is 1.25. The number of anilines is 1. The van der Waals surface area contributed by atoms with Crippen molar-refractivity contribution < 1.29 is 14.3 Å². The Morgan fingerprint density at radius 3 is 2.38 bits per heavy atom. The number of carbonyl (C=O) groups excluding carboxylic acids is 1. The first kappa shape index (κ1) is 23.4. The van der Waals surface area contributed by atoms with Crippen LogP contribution in [0.4, 0.5) is 5.69 Å². The van der Waals surface area contributed by atoms with Crippen molar-refractivity contribution in [1.29, 1.82) is 0 Å². The van der Waals surface area contributed by atoms with E-state index in [0.29, 0.717) is 35.3 Å². The Bertz CT molecular complexity index is 1330. The molecule has 0 spiro atoms. The van der Waals surface area contributed by atoms with Crippen LogP contribution in [0, 0.1) is 0 Å². The van der Waals surface area contributed by atoms with Crippen molar-refractivity contribution in [2.24, 2.45) is 0 Å². The summed E-state index contributed by atoms with van der Waals surface area (Å²) in [6.45, 7) is 4.41. The van der Waals surface area contributed by atoms with Crippen molar-refractivity contribution in [2.45, 2.75) is 30.7 Å². The van der Waals surface area contributed by atoms with Crippen LogP contribution in [0.5, 0.6) is 11.5 Å². The third kappa shape index (κ3) is 4.91. The van der Waals surface area contributed by atoms with Gasteiger partial charge in [0.25, 0.3) is 0 Å². The molecule has 0 saturated heterocycles. The minimum Gasteiger partial charge on any atom is -0.497 e. The first-order chi connectivity index (χ1) is 16.5. The molecule has 0 bridgehead atoms. The van der Waals surface area contributed by atoms with Gasteiger partial charge in [0, 0.05) is 23.8 Å². The summed E-state index contributed by atoms with van der Waals surface area (Å²) in [4.78, 5) is 25.9. The minimum atomic E-state index is -0.414. The van der Waals surface area contributed by atoms with Gasteiger partial charge in [-0.3, -0.25) is 18.6 Å². The average molecular weight is 480 g/mol. The van der Waals surface area contributed by atoms with Gasteiger partial charge in [-0.25, -0.2) is 0 Å². The van der Waals surface area contributed by atoms with Crippen LogP contribution in [0.2, 0.25) is 0 Å². The smallest absolute Gasteiger partial charge is 0.300 e. The van der Waals surface area contributed by atoms with Crippen molar-refractivity contribution in [1.82, 2.24) is 19.2 Å². The molecule has 9 nitrogen and oxygen atoms in total. The van der Waals surface area contributed by atoms with E-state index in [0.717, 1.165) is 5.75 Å². The van der Waals surface area contributed by atoms with Gasteiger partial charge < -0.3 is 14.8 Å². The molecule has 176 valence electrons. The lowest BCUT2D eigenvalue weighted by Crippen LogP contribution is -2.25. The summed E-state index contributed by atoms with van der Waals surface area (Å²) in [6, 6.07) is 14.4. The Balaban J connectivity index is 1.54. The first-order valence-electron chi connectivity index (χ1n) is 10.8. The predicted molar refractivity (Wildman–Crippen MR) is 131 cm³/mol. The second kappa shape index (κ2) is 10.4. The molecule has 1 amide bonds. The van der Waals surface area contributed by atoms with Crippen LogP contribution in [-0.4, -0.2) is 44.0 Å². The number of methoxy groups -OCH3 is 1. The number of fused-ring (bicyclic) bond motifs is 1. The molecule has 0 aliphatic carbocycles. The van der Waals surface area contributed by atoms with Crippen LogP contribution in [-0.2, 0) is 4.79 Å². The molecule has 2 aromatic heterocycles. The summed E-state index contributed by atoms with van der Waals surface area (Å²) in [7, 11) is 1.59. The molecule has 4 aromatic rings. The molecule has 1 N–H and O–H groups in total. The van der Waals surface area contributed by atoms with E-state index in [1.54, 1.807) is 48.2 Å². The number of hydrogen-bond donors (Lipinski definition) is 1. The molecule has 2 heterocycles. The Labute approximate surface area is 200 Å². The van der Waals surface area contributed by atoms with E-state index in [2.05, 4.69) is 15.5 Å². The lowest BCUT2D eigenvalue weighted by Gasteiger charge is -2.14. The highest BCUT2D eigenvalue weighted by atomic mass is 32.2. The number of rotatable bonds is 9. The maximum Gasteiger partial charge on any atom is 0.300 e. The van der Waals surface area contributed by atoms with Gasteiger partial charge in [-0.1, -0.05) is 18.7 Å². The van der Waals surface area contributed by atoms with Crippen LogP contribution in [0.25, 0.3) is 11.3 Å². The van der Waals surface area contributed by atoms with Gasteiger partial charge in [0.15, 0.2) is 5.16 Å². The molecule has 0 aliphatic heterocycles. The minimum absolute atomic E-state index is 0.155. The number of nitrogens with one attached hydrogen (secondary N) is 1. The zero-order valence-corrected chi connectivity index (χ0v) is 19.9. The van der Waals surface area contributed by atoms with E-state index >= 15 is 0 Å². The average Bonchev–Trinajstić information content (AvgIpc) is 3.27. The fraction of sp³-hybridized carbons (Fsp3) is 0.250. The summed E-state index contributed by atoms with van der Waals surface area (Å²) in [6.07, 6.45) is 3.96. The molecular formula is C24H25N5O4S. The Morgan fingerprint density at radius 2 is 1.74 bits per heavy atom. The standard InChI is InChI=1S/C24H25N5O4S/c1-4-20(22(30)25-16-6-10-18(32-3)11-7-16)34-24-27-26-21-23(31)28(14-15-29(21)24)17-8-12-19(13-9-17)33-5-2/h6-15,20H,4-5H2,1-3H3,(H,25,30)/t20-/m0/s1. The number of carbonyl (C=O) groups is 1. The van der Waals surface area contributed by atoms with Crippen LogP contribution in [0.1, 0.15) is 20.3 Å². The normalized spacial score (nSPS) is 11.9. The highest BCUT2D eigenvalue weighted by Crippen LogP contribution is 2.26. The Hall–Kier alpha value is -3.79. The number of benzene rings is 2. The van der Waals surface area contributed by atoms with Gasteiger partial charge >= 0.3 is 5.56 Å². The van der Waals surface area contributed by atoms with E-state index in [1.807, 2.05) is 38.1 Å². The summed E-state index contributed by atoms with van der Waals surface area (Å²) in [5.74, 6) is 1.29. The van der Waals surface area contributed by atoms with Crippen molar-refractivity contribution in [2.75, 3.05) is 19.0 Å². The van der Waals surface area contributed by atoms with E-state index in [-0.39, 0.29) is 17.1 Å². The molecule has 0 unspecified atom stereocenters. The molecule has 0 aliphatic rings. The number of amides is 1. The van der Waals surface area contributed by atoms with Crippen LogP contribution in [0.3, 0.4) is 0 Å². The fourth-order valence-electron chi connectivity index (χ4n) is 3.37. The maximum absolute atomic E-state index is 13.0. The molecule has 4 rings (SSSR count). The summed E-state index contributed by atoms with van der Waals surface area (Å²) < 4.78 is 13.7.